The maximum atomic E-state index is 11.2. The van der Waals surface area contributed by atoms with Crippen LogP contribution in [0.5, 0.6) is 0 Å². The Kier molecular flexibility index (Phi) is 2.82. The SMILES string of the molecule is OCC(O)(c1c[nH]c2ccccc12)c1c[nH]c2ccccc12. The zero-order valence-corrected chi connectivity index (χ0v) is 11.9. The standard InChI is InChI=1S/C18H16N2O2/c21-11-18(22,14-9-19-16-7-3-1-5-12(14)16)15-10-20-17-8-4-2-6-13(15)17/h1-10,19-22H,11H2. The number of H-pyrrole nitrogens is 2. The molecule has 0 radical (unpaired) electrons. The number of hydrogen-bond acceptors (Lipinski definition) is 2. The summed E-state index contributed by atoms with van der Waals surface area (Å²) >= 11 is 0. The molecule has 0 saturated heterocycles. The number of hydrogen-bond donors (Lipinski definition) is 4. The summed E-state index contributed by atoms with van der Waals surface area (Å²) < 4.78 is 0. The third-order valence-electron chi connectivity index (χ3n) is 4.30. The Labute approximate surface area is 127 Å². The van der Waals surface area contributed by atoms with Gasteiger partial charge in [-0.2, -0.15) is 0 Å². The number of aromatic nitrogens is 2. The van der Waals surface area contributed by atoms with E-state index in [4.69, 9.17) is 0 Å². The third kappa shape index (κ3) is 1.71. The fourth-order valence-electron chi connectivity index (χ4n) is 3.14. The molecule has 110 valence electrons. The summed E-state index contributed by atoms with van der Waals surface area (Å²) in [5, 5.41) is 23.0. The van der Waals surface area contributed by atoms with Crippen molar-refractivity contribution in [3.8, 4) is 0 Å². The quantitative estimate of drug-likeness (QED) is 0.469. The molecular formula is C18H16N2O2. The molecule has 4 N–H and O–H groups in total. The van der Waals surface area contributed by atoms with Crippen molar-refractivity contribution in [1.29, 1.82) is 0 Å². The number of benzene rings is 2. The summed E-state index contributed by atoms with van der Waals surface area (Å²) in [5.74, 6) is 0. The minimum atomic E-state index is -1.46. The lowest BCUT2D eigenvalue weighted by Crippen LogP contribution is -2.31. The molecule has 0 unspecified atom stereocenters. The van der Waals surface area contributed by atoms with E-state index >= 15 is 0 Å². The van der Waals surface area contributed by atoms with E-state index < -0.39 is 12.2 Å². The van der Waals surface area contributed by atoms with Crippen LogP contribution in [0.25, 0.3) is 21.8 Å². The van der Waals surface area contributed by atoms with Gasteiger partial charge < -0.3 is 20.2 Å². The van der Waals surface area contributed by atoms with Crippen molar-refractivity contribution in [3.05, 3.63) is 72.1 Å². The van der Waals surface area contributed by atoms with E-state index in [1.165, 1.54) is 0 Å². The molecule has 0 bridgehead atoms. The van der Waals surface area contributed by atoms with Crippen molar-refractivity contribution in [2.75, 3.05) is 6.61 Å². The monoisotopic (exact) mass is 292 g/mol. The van der Waals surface area contributed by atoms with Crippen LogP contribution in [0.2, 0.25) is 0 Å². The molecule has 4 rings (SSSR count). The van der Waals surface area contributed by atoms with Gasteiger partial charge in [-0.25, -0.2) is 0 Å². The van der Waals surface area contributed by atoms with Crippen LogP contribution in [-0.4, -0.2) is 26.8 Å². The topological polar surface area (TPSA) is 72.0 Å². The number of rotatable bonds is 3. The van der Waals surface area contributed by atoms with E-state index in [1.807, 2.05) is 48.5 Å². The van der Waals surface area contributed by atoms with Gasteiger partial charge in [-0.05, 0) is 12.1 Å². The van der Waals surface area contributed by atoms with Crippen molar-refractivity contribution in [1.82, 2.24) is 9.97 Å². The lowest BCUT2D eigenvalue weighted by atomic mass is 9.86. The normalized spacial score (nSPS) is 12.3. The number of para-hydroxylation sites is 2. The zero-order valence-electron chi connectivity index (χ0n) is 11.9. The van der Waals surface area contributed by atoms with E-state index in [2.05, 4.69) is 9.97 Å². The van der Waals surface area contributed by atoms with Gasteiger partial charge in [0.05, 0.1) is 6.61 Å². The van der Waals surface area contributed by atoms with E-state index in [-0.39, 0.29) is 0 Å². The molecule has 2 aromatic heterocycles. The number of fused-ring (bicyclic) bond motifs is 2. The van der Waals surface area contributed by atoms with E-state index in [0.29, 0.717) is 11.1 Å². The number of aliphatic hydroxyl groups is 2. The first-order valence-electron chi connectivity index (χ1n) is 7.20. The smallest absolute Gasteiger partial charge is 0.142 e. The van der Waals surface area contributed by atoms with Crippen molar-refractivity contribution >= 4 is 21.8 Å². The summed E-state index contributed by atoms with van der Waals surface area (Å²) in [6.45, 7) is -0.392. The van der Waals surface area contributed by atoms with E-state index in [9.17, 15) is 10.2 Å². The predicted octanol–water partition coefficient (Wildman–Crippen LogP) is 2.88. The van der Waals surface area contributed by atoms with E-state index in [0.717, 1.165) is 21.8 Å². The highest BCUT2D eigenvalue weighted by Gasteiger charge is 2.35. The molecule has 0 fully saturated rings. The van der Waals surface area contributed by atoms with Crippen LogP contribution in [-0.2, 0) is 5.60 Å². The van der Waals surface area contributed by atoms with Gasteiger partial charge in [0, 0.05) is 45.3 Å². The number of aromatic amines is 2. The van der Waals surface area contributed by atoms with Gasteiger partial charge in [0.2, 0.25) is 0 Å². The highest BCUT2D eigenvalue weighted by Crippen LogP contribution is 2.37. The average Bonchev–Trinajstić information content (AvgIpc) is 3.19. The molecule has 4 heteroatoms. The summed E-state index contributed by atoms with van der Waals surface area (Å²) in [6, 6.07) is 15.5. The van der Waals surface area contributed by atoms with Gasteiger partial charge in [-0.1, -0.05) is 36.4 Å². The van der Waals surface area contributed by atoms with Crippen LogP contribution in [0.4, 0.5) is 0 Å². The molecule has 2 aromatic carbocycles. The van der Waals surface area contributed by atoms with Crippen LogP contribution in [0.3, 0.4) is 0 Å². The molecule has 0 spiro atoms. The first-order chi connectivity index (χ1) is 10.7. The largest absolute Gasteiger partial charge is 0.393 e. The fourth-order valence-corrected chi connectivity index (χ4v) is 3.14. The lowest BCUT2D eigenvalue weighted by molar-refractivity contribution is 0.0197. The first-order valence-corrected chi connectivity index (χ1v) is 7.20. The predicted molar refractivity (Wildman–Crippen MR) is 86.7 cm³/mol. The van der Waals surface area contributed by atoms with Gasteiger partial charge in [-0.15, -0.1) is 0 Å². The van der Waals surface area contributed by atoms with Crippen LogP contribution in [0.15, 0.2) is 60.9 Å². The molecule has 0 atom stereocenters. The van der Waals surface area contributed by atoms with Gasteiger partial charge in [0.1, 0.15) is 5.60 Å². The Hall–Kier alpha value is -2.56. The van der Waals surface area contributed by atoms with Gasteiger partial charge in [-0.3, -0.25) is 0 Å². The maximum Gasteiger partial charge on any atom is 0.142 e. The zero-order chi connectivity index (χ0) is 15.2. The second-order valence-corrected chi connectivity index (χ2v) is 5.51. The fraction of sp³-hybridized carbons (Fsp3) is 0.111. The third-order valence-corrected chi connectivity index (χ3v) is 4.30. The first kappa shape index (κ1) is 13.1. The van der Waals surface area contributed by atoms with Crippen molar-refractivity contribution < 1.29 is 10.2 Å². The van der Waals surface area contributed by atoms with Gasteiger partial charge in [0.25, 0.3) is 0 Å². The van der Waals surface area contributed by atoms with Crippen molar-refractivity contribution in [2.24, 2.45) is 0 Å². The molecule has 0 saturated carbocycles. The molecule has 22 heavy (non-hydrogen) atoms. The average molecular weight is 292 g/mol. The van der Waals surface area contributed by atoms with Crippen LogP contribution in [0.1, 0.15) is 11.1 Å². The Morgan fingerprint density at radius 2 is 1.23 bits per heavy atom. The second kappa shape index (κ2) is 4.73. The molecule has 0 aliphatic rings. The Morgan fingerprint density at radius 1 is 0.773 bits per heavy atom. The summed E-state index contributed by atoms with van der Waals surface area (Å²) in [5.41, 5.74) is 1.76. The van der Waals surface area contributed by atoms with E-state index in [1.54, 1.807) is 12.4 Å². The van der Waals surface area contributed by atoms with Gasteiger partial charge in [0.15, 0.2) is 0 Å². The number of nitrogens with one attached hydrogen (secondary N) is 2. The molecule has 2 heterocycles. The molecule has 4 nitrogen and oxygen atoms in total. The highest BCUT2D eigenvalue weighted by molar-refractivity contribution is 5.88. The molecule has 4 aromatic rings. The minimum Gasteiger partial charge on any atom is -0.393 e. The molecule has 0 aliphatic carbocycles. The van der Waals surface area contributed by atoms with Crippen LogP contribution in [0, 0.1) is 0 Å². The maximum absolute atomic E-state index is 11.2. The highest BCUT2D eigenvalue weighted by atomic mass is 16.3. The lowest BCUT2D eigenvalue weighted by Gasteiger charge is -2.25. The summed E-state index contributed by atoms with van der Waals surface area (Å²) in [6.07, 6.45) is 3.53. The van der Waals surface area contributed by atoms with Crippen LogP contribution < -0.4 is 0 Å². The molecule has 0 aliphatic heterocycles. The Morgan fingerprint density at radius 3 is 1.68 bits per heavy atom. The molecular weight excluding hydrogens is 276 g/mol. The summed E-state index contributed by atoms with van der Waals surface area (Å²) in [7, 11) is 0. The Balaban J connectivity index is 2.00. The molecule has 0 amide bonds. The number of aliphatic hydroxyl groups excluding tert-OH is 1. The van der Waals surface area contributed by atoms with Crippen LogP contribution >= 0.6 is 0 Å². The van der Waals surface area contributed by atoms with Gasteiger partial charge >= 0.3 is 0 Å². The minimum absolute atomic E-state index is 0.392. The van der Waals surface area contributed by atoms with Crippen molar-refractivity contribution in [3.63, 3.8) is 0 Å². The Bertz CT molecular complexity index is 878. The summed E-state index contributed by atoms with van der Waals surface area (Å²) in [4.78, 5) is 6.31. The van der Waals surface area contributed by atoms with Crippen molar-refractivity contribution in [2.45, 2.75) is 5.60 Å². The second-order valence-electron chi connectivity index (χ2n) is 5.51.